The molecule has 1 heterocycles. The van der Waals surface area contributed by atoms with Crippen LogP contribution >= 0.6 is 0 Å². The number of nitrogens with one attached hydrogen (secondary N) is 2. The van der Waals surface area contributed by atoms with Gasteiger partial charge in [-0.05, 0) is 24.1 Å². The van der Waals surface area contributed by atoms with Gasteiger partial charge in [-0.3, -0.25) is 15.1 Å². The molecule has 6 nitrogen and oxygen atoms in total. The molecule has 0 saturated heterocycles. The third-order valence-electron chi connectivity index (χ3n) is 2.64. The lowest BCUT2D eigenvalue weighted by Crippen LogP contribution is -2.45. The van der Waals surface area contributed by atoms with E-state index in [0.29, 0.717) is 23.8 Å². The zero-order valence-corrected chi connectivity index (χ0v) is 9.89. The van der Waals surface area contributed by atoms with Gasteiger partial charge in [0.15, 0.2) is 12.1 Å². The monoisotopic (exact) mass is 248 g/mol. The highest BCUT2D eigenvalue weighted by molar-refractivity contribution is 5.99. The van der Waals surface area contributed by atoms with E-state index in [1.54, 1.807) is 24.3 Å². The maximum absolute atomic E-state index is 11.8. The number of hydrogen-bond acceptors (Lipinski definition) is 5. The molecule has 1 unspecified atom stereocenters. The van der Waals surface area contributed by atoms with Crippen LogP contribution in [0.15, 0.2) is 29.3 Å². The molecule has 96 valence electrons. The van der Waals surface area contributed by atoms with E-state index in [0.717, 1.165) is 13.0 Å². The molecule has 1 aliphatic heterocycles. The predicted octanol–water partition coefficient (Wildman–Crippen LogP) is -0.232. The van der Waals surface area contributed by atoms with E-state index in [4.69, 9.17) is 5.73 Å². The van der Waals surface area contributed by atoms with Crippen LogP contribution in [-0.4, -0.2) is 30.1 Å². The molecule has 5 N–H and O–H groups in total. The van der Waals surface area contributed by atoms with Gasteiger partial charge in [0.25, 0.3) is 5.91 Å². The minimum absolute atomic E-state index is 0.417. The zero-order valence-electron chi connectivity index (χ0n) is 9.89. The number of nitrogen functional groups attached to an aromatic ring is 1. The van der Waals surface area contributed by atoms with Gasteiger partial charge in [-0.15, -0.1) is 0 Å². The van der Waals surface area contributed by atoms with E-state index in [-0.39, 0.29) is 0 Å². The highest BCUT2D eigenvalue weighted by Gasteiger charge is 2.19. The van der Waals surface area contributed by atoms with E-state index in [2.05, 4.69) is 15.6 Å². The highest BCUT2D eigenvalue weighted by atomic mass is 16.3. The minimum atomic E-state index is -1.22. The molecule has 1 aromatic rings. The standard InChI is InChI=1S/C12H16N4O2/c13-9-4-2-8(3-5-9)10(17)11(18)16-12-14-6-1-7-15-12/h2-5,10,17H,1,6-7,13H2,(H2,14,15,16,18). The molecule has 0 spiro atoms. The Morgan fingerprint density at radius 1 is 1.44 bits per heavy atom. The van der Waals surface area contributed by atoms with Crippen molar-refractivity contribution in [2.24, 2.45) is 4.99 Å². The molecule has 0 aliphatic carbocycles. The molecule has 1 atom stereocenters. The van der Waals surface area contributed by atoms with Gasteiger partial charge in [-0.2, -0.15) is 0 Å². The number of aliphatic imine (C=N–C) groups is 1. The number of aliphatic hydroxyl groups is 1. The summed E-state index contributed by atoms with van der Waals surface area (Å²) >= 11 is 0. The van der Waals surface area contributed by atoms with Crippen molar-refractivity contribution in [3.8, 4) is 0 Å². The lowest BCUT2D eigenvalue weighted by molar-refractivity contribution is -0.128. The Kier molecular flexibility index (Phi) is 3.78. The lowest BCUT2D eigenvalue weighted by Gasteiger charge is -2.17. The fourth-order valence-corrected chi connectivity index (χ4v) is 1.63. The van der Waals surface area contributed by atoms with Crippen LogP contribution in [0.25, 0.3) is 0 Å². The van der Waals surface area contributed by atoms with Gasteiger partial charge in [0.1, 0.15) is 0 Å². The van der Waals surface area contributed by atoms with Crippen molar-refractivity contribution < 1.29 is 9.90 Å². The molecule has 0 radical (unpaired) electrons. The fourth-order valence-electron chi connectivity index (χ4n) is 1.63. The Balaban J connectivity index is 2.00. The number of carbonyl (C=O) groups is 1. The first kappa shape index (κ1) is 12.4. The average molecular weight is 248 g/mol. The molecule has 0 aromatic heterocycles. The van der Waals surface area contributed by atoms with Gasteiger partial charge in [0.05, 0.1) is 0 Å². The first-order valence-corrected chi connectivity index (χ1v) is 5.79. The quantitative estimate of drug-likeness (QED) is 0.543. The summed E-state index contributed by atoms with van der Waals surface area (Å²) in [5.74, 6) is -0.0892. The van der Waals surface area contributed by atoms with Crippen molar-refractivity contribution in [3.63, 3.8) is 0 Å². The molecule has 1 aliphatic rings. The third kappa shape index (κ3) is 2.98. The number of amides is 1. The number of rotatable bonds is 2. The van der Waals surface area contributed by atoms with Crippen LogP contribution in [0.4, 0.5) is 5.69 Å². The van der Waals surface area contributed by atoms with Gasteiger partial charge >= 0.3 is 0 Å². The van der Waals surface area contributed by atoms with Crippen LogP contribution in [0.3, 0.4) is 0 Å². The molecular weight excluding hydrogens is 232 g/mol. The molecule has 18 heavy (non-hydrogen) atoms. The molecule has 6 heteroatoms. The molecule has 0 fully saturated rings. The van der Waals surface area contributed by atoms with Crippen molar-refractivity contribution in [1.29, 1.82) is 0 Å². The molecule has 0 saturated carbocycles. The third-order valence-corrected chi connectivity index (χ3v) is 2.64. The SMILES string of the molecule is Nc1ccc(C(O)C(=O)NC2=NCCCN2)cc1. The topological polar surface area (TPSA) is 99.7 Å². The van der Waals surface area contributed by atoms with Crippen LogP contribution < -0.4 is 16.4 Å². The predicted molar refractivity (Wildman–Crippen MR) is 68.9 cm³/mol. The van der Waals surface area contributed by atoms with Crippen molar-refractivity contribution in [1.82, 2.24) is 10.6 Å². The summed E-state index contributed by atoms with van der Waals surface area (Å²) in [5.41, 5.74) is 6.63. The molecule has 1 aromatic carbocycles. The normalized spacial score (nSPS) is 16.4. The number of benzene rings is 1. The van der Waals surface area contributed by atoms with Gasteiger partial charge < -0.3 is 16.2 Å². The zero-order chi connectivity index (χ0) is 13.0. The van der Waals surface area contributed by atoms with E-state index in [1.807, 2.05) is 0 Å². The number of anilines is 1. The number of hydrogen-bond donors (Lipinski definition) is 4. The van der Waals surface area contributed by atoms with Gasteiger partial charge in [-0.1, -0.05) is 12.1 Å². The van der Waals surface area contributed by atoms with Crippen LogP contribution in [0.1, 0.15) is 18.1 Å². The first-order chi connectivity index (χ1) is 8.66. The molecule has 1 amide bonds. The minimum Gasteiger partial charge on any atom is -0.399 e. The van der Waals surface area contributed by atoms with Gasteiger partial charge in [0.2, 0.25) is 0 Å². The van der Waals surface area contributed by atoms with E-state index >= 15 is 0 Å². The van der Waals surface area contributed by atoms with Crippen LogP contribution in [0.2, 0.25) is 0 Å². The highest BCUT2D eigenvalue weighted by Crippen LogP contribution is 2.14. The maximum Gasteiger partial charge on any atom is 0.260 e. The largest absolute Gasteiger partial charge is 0.399 e. The van der Waals surface area contributed by atoms with Crippen molar-refractivity contribution in [2.75, 3.05) is 18.8 Å². The fraction of sp³-hybridized carbons (Fsp3) is 0.333. The van der Waals surface area contributed by atoms with Crippen LogP contribution in [-0.2, 0) is 4.79 Å². The van der Waals surface area contributed by atoms with Crippen LogP contribution in [0.5, 0.6) is 0 Å². The maximum atomic E-state index is 11.8. The Morgan fingerprint density at radius 3 is 2.78 bits per heavy atom. The Hall–Kier alpha value is -2.08. The summed E-state index contributed by atoms with van der Waals surface area (Å²) in [5, 5.41) is 15.4. The summed E-state index contributed by atoms with van der Waals surface area (Å²) < 4.78 is 0. The second-order valence-electron chi connectivity index (χ2n) is 4.07. The van der Waals surface area contributed by atoms with E-state index in [9.17, 15) is 9.90 Å². The summed E-state index contributed by atoms with van der Waals surface area (Å²) in [6.07, 6.45) is -0.281. The summed E-state index contributed by atoms with van der Waals surface area (Å²) in [6.45, 7) is 1.46. The summed E-state index contributed by atoms with van der Waals surface area (Å²) in [6, 6.07) is 6.52. The van der Waals surface area contributed by atoms with Crippen molar-refractivity contribution in [3.05, 3.63) is 29.8 Å². The molecule has 0 bridgehead atoms. The van der Waals surface area contributed by atoms with Gasteiger partial charge in [-0.25, -0.2) is 0 Å². The Bertz CT molecular complexity index is 456. The number of nitrogens with zero attached hydrogens (tertiary/aromatic N) is 1. The smallest absolute Gasteiger partial charge is 0.260 e. The van der Waals surface area contributed by atoms with Crippen LogP contribution in [0, 0.1) is 0 Å². The van der Waals surface area contributed by atoms with Gasteiger partial charge in [0, 0.05) is 18.8 Å². The van der Waals surface area contributed by atoms with Crippen molar-refractivity contribution in [2.45, 2.75) is 12.5 Å². The second-order valence-corrected chi connectivity index (χ2v) is 4.07. The van der Waals surface area contributed by atoms with E-state index < -0.39 is 12.0 Å². The number of nitrogens with two attached hydrogens (primary N) is 1. The number of guanidine groups is 1. The van der Waals surface area contributed by atoms with Crippen molar-refractivity contribution >= 4 is 17.6 Å². The summed E-state index contributed by atoms with van der Waals surface area (Å²) in [4.78, 5) is 15.9. The Labute approximate surface area is 105 Å². The van der Waals surface area contributed by atoms with E-state index in [1.165, 1.54) is 0 Å². The molecular formula is C12H16N4O2. The number of carbonyl (C=O) groups excluding carboxylic acids is 1. The summed E-state index contributed by atoms with van der Waals surface area (Å²) in [7, 11) is 0. The number of aliphatic hydroxyl groups excluding tert-OH is 1. The Morgan fingerprint density at radius 2 is 2.17 bits per heavy atom. The second kappa shape index (κ2) is 5.50. The first-order valence-electron chi connectivity index (χ1n) is 5.79. The molecule has 2 rings (SSSR count). The average Bonchev–Trinajstić information content (AvgIpc) is 2.40. The lowest BCUT2D eigenvalue weighted by atomic mass is 10.1.